The first kappa shape index (κ1) is 90.1. The Labute approximate surface area is 562 Å². The van der Waals surface area contributed by atoms with E-state index in [-0.39, 0.29) is 25.7 Å². The van der Waals surface area contributed by atoms with Crippen LogP contribution in [0.1, 0.15) is 387 Å². The molecular weight excluding hydrogens is 1210 g/mol. The fourth-order valence-corrected chi connectivity index (χ4v) is 12.8. The van der Waals surface area contributed by atoms with Gasteiger partial charge in [-0.05, 0) is 25.7 Å². The summed E-state index contributed by atoms with van der Waals surface area (Å²) >= 11 is 0. The first-order valence-electron chi connectivity index (χ1n) is 38.3. The largest absolute Gasteiger partial charge is 0.472 e. The van der Waals surface area contributed by atoms with Crippen molar-refractivity contribution in [2.45, 2.75) is 406 Å². The van der Waals surface area contributed by atoms with Crippen molar-refractivity contribution >= 4 is 39.5 Å². The highest BCUT2D eigenvalue weighted by atomic mass is 31.2. The summed E-state index contributed by atoms with van der Waals surface area (Å²) in [7, 11) is -9.89. The molecule has 0 radical (unpaired) electrons. The minimum absolute atomic E-state index is 0.106. The van der Waals surface area contributed by atoms with Crippen LogP contribution in [0.25, 0.3) is 0 Å². The molecule has 0 saturated heterocycles. The quantitative estimate of drug-likeness (QED) is 0.0222. The number of phosphoric ester groups is 2. The summed E-state index contributed by atoms with van der Waals surface area (Å²) in [6, 6.07) is 0. The van der Waals surface area contributed by atoms with Gasteiger partial charge in [0.1, 0.15) is 19.3 Å². The third kappa shape index (κ3) is 66.7. The molecule has 0 aliphatic heterocycles. The number of aliphatic hydroxyl groups is 1. The summed E-state index contributed by atoms with van der Waals surface area (Å²) < 4.78 is 68.1. The average Bonchev–Trinajstić information content (AvgIpc) is 1.97. The van der Waals surface area contributed by atoms with Gasteiger partial charge in [0.05, 0.1) is 26.4 Å². The van der Waals surface area contributed by atoms with E-state index in [9.17, 15) is 43.2 Å². The first-order chi connectivity index (χ1) is 44.7. The Morgan fingerprint density at radius 1 is 0.261 bits per heavy atom. The van der Waals surface area contributed by atoms with Crippen molar-refractivity contribution in [3.8, 4) is 0 Å². The first-order valence-corrected chi connectivity index (χ1v) is 41.3. The van der Waals surface area contributed by atoms with Crippen molar-refractivity contribution in [3.05, 3.63) is 0 Å². The smallest absolute Gasteiger partial charge is 0.462 e. The normalized spacial score (nSPS) is 13.9. The Hall–Kier alpha value is -1.94. The minimum atomic E-state index is -4.95. The molecule has 0 aromatic heterocycles. The number of phosphoric acid groups is 2. The minimum Gasteiger partial charge on any atom is -0.462 e. The SMILES string of the molecule is CCCCCCCCCCCCCCCCCCCCCCCCC(=O)O[C@H](COC(=O)CCCCCCCCCCCCCCCCC)COP(=O)(O)OC[C@@H](O)COP(=O)(O)OC[C@@H](COC(=O)CCCCCCC)OC(=O)CCCCCCCCCCCC. The molecule has 19 heteroatoms. The van der Waals surface area contributed by atoms with Crippen molar-refractivity contribution in [3.63, 3.8) is 0 Å². The molecule has 0 aromatic carbocycles. The summed E-state index contributed by atoms with van der Waals surface area (Å²) in [5, 5.41) is 10.6. The molecule has 0 bridgehead atoms. The number of hydrogen-bond donors (Lipinski definition) is 3. The molecule has 0 fully saturated rings. The number of ether oxygens (including phenoxy) is 4. The van der Waals surface area contributed by atoms with Crippen LogP contribution in [0, 0.1) is 0 Å². The fourth-order valence-electron chi connectivity index (χ4n) is 11.2. The second kappa shape index (κ2) is 67.6. The molecule has 546 valence electrons. The summed E-state index contributed by atoms with van der Waals surface area (Å²) in [5.74, 6) is -2.13. The van der Waals surface area contributed by atoms with Gasteiger partial charge in [0.2, 0.25) is 0 Å². The van der Waals surface area contributed by atoms with E-state index in [0.717, 1.165) is 96.3 Å². The zero-order valence-corrected chi connectivity index (χ0v) is 61.3. The number of aliphatic hydroxyl groups excluding tert-OH is 1. The molecule has 0 aliphatic carbocycles. The van der Waals surface area contributed by atoms with E-state index >= 15 is 0 Å². The Morgan fingerprint density at radius 2 is 0.435 bits per heavy atom. The van der Waals surface area contributed by atoms with E-state index in [1.807, 2.05) is 0 Å². The highest BCUT2D eigenvalue weighted by Crippen LogP contribution is 2.45. The van der Waals surface area contributed by atoms with E-state index in [0.29, 0.717) is 25.7 Å². The lowest BCUT2D eigenvalue weighted by molar-refractivity contribution is -0.161. The van der Waals surface area contributed by atoms with Crippen molar-refractivity contribution in [2.75, 3.05) is 39.6 Å². The topological polar surface area (TPSA) is 237 Å². The number of unbranched alkanes of at least 4 members (excludes halogenated alkanes) is 48. The van der Waals surface area contributed by atoms with Crippen LogP contribution in [-0.4, -0.2) is 96.7 Å². The van der Waals surface area contributed by atoms with Gasteiger partial charge in [-0.1, -0.05) is 336 Å². The van der Waals surface area contributed by atoms with E-state index in [4.69, 9.17) is 37.0 Å². The summed E-state index contributed by atoms with van der Waals surface area (Å²) in [6.07, 6.45) is 57.5. The lowest BCUT2D eigenvalue weighted by atomic mass is 10.0. The van der Waals surface area contributed by atoms with E-state index in [2.05, 4.69) is 27.7 Å². The van der Waals surface area contributed by atoms with Crippen molar-refractivity contribution < 1.29 is 80.2 Å². The summed E-state index contributed by atoms with van der Waals surface area (Å²) in [4.78, 5) is 72.3. The molecule has 0 aromatic rings. The second-order valence-electron chi connectivity index (χ2n) is 26.3. The predicted octanol–water partition coefficient (Wildman–Crippen LogP) is 21.4. The molecule has 0 spiro atoms. The van der Waals surface area contributed by atoms with Crippen LogP contribution in [0.15, 0.2) is 0 Å². The molecule has 17 nitrogen and oxygen atoms in total. The van der Waals surface area contributed by atoms with Gasteiger partial charge in [-0.25, -0.2) is 9.13 Å². The maximum Gasteiger partial charge on any atom is 0.472 e. The van der Waals surface area contributed by atoms with Crippen molar-refractivity contribution in [1.29, 1.82) is 0 Å². The number of carbonyl (C=O) groups is 4. The molecule has 3 N–H and O–H groups in total. The van der Waals surface area contributed by atoms with Crippen LogP contribution in [0.4, 0.5) is 0 Å². The Kier molecular flexibility index (Phi) is 66.2. The summed E-state index contributed by atoms with van der Waals surface area (Å²) in [6.45, 7) is 4.86. The molecule has 92 heavy (non-hydrogen) atoms. The van der Waals surface area contributed by atoms with Crippen LogP contribution >= 0.6 is 15.6 Å². The zero-order chi connectivity index (χ0) is 67.5. The van der Waals surface area contributed by atoms with Gasteiger partial charge in [0, 0.05) is 25.7 Å². The third-order valence-corrected chi connectivity index (χ3v) is 19.0. The van der Waals surface area contributed by atoms with Crippen LogP contribution in [0.3, 0.4) is 0 Å². The molecule has 0 aliphatic rings. The molecule has 2 unspecified atom stereocenters. The maximum absolute atomic E-state index is 13.1. The lowest BCUT2D eigenvalue weighted by Crippen LogP contribution is -2.30. The molecule has 0 heterocycles. The fraction of sp³-hybridized carbons (Fsp3) is 0.945. The van der Waals surface area contributed by atoms with Crippen LogP contribution < -0.4 is 0 Å². The highest BCUT2D eigenvalue weighted by Gasteiger charge is 2.30. The van der Waals surface area contributed by atoms with Gasteiger partial charge in [-0.15, -0.1) is 0 Å². The van der Waals surface area contributed by atoms with Crippen molar-refractivity contribution in [2.24, 2.45) is 0 Å². The molecule has 5 atom stereocenters. The summed E-state index contributed by atoms with van der Waals surface area (Å²) in [5.41, 5.74) is 0. The number of hydrogen-bond acceptors (Lipinski definition) is 15. The van der Waals surface area contributed by atoms with Crippen LogP contribution in [0.2, 0.25) is 0 Å². The standard InChI is InChI=1S/C73H142O17P2/c1-5-9-13-17-20-23-26-28-30-31-32-33-34-35-36-38-40-42-45-48-52-56-60-73(78)90-69(64-84-71(76)58-54-50-46-44-41-39-37-29-27-24-21-18-14-10-6-2)66-88-92(81,82)86-62-67(74)61-85-91(79,80)87-65-68(63-83-70(75)57-53-49-16-12-8-4)89-72(77)59-55-51-47-43-25-22-19-15-11-7-3/h67-69,74H,5-66H2,1-4H3,(H,79,80)(H,81,82)/t67-,68+,69+/m0/s1. The molecule has 0 rings (SSSR count). The van der Waals surface area contributed by atoms with Gasteiger partial charge in [0.15, 0.2) is 12.2 Å². The van der Waals surface area contributed by atoms with E-state index in [1.165, 1.54) is 212 Å². The predicted molar refractivity (Wildman–Crippen MR) is 372 cm³/mol. The zero-order valence-electron chi connectivity index (χ0n) is 59.5. The second-order valence-corrected chi connectivity index (χ2v) is 29.2. The number of carbonyl (C=O) groups excluding carboxylic acids is 4. The number of esters is 4. The maximum atomic E-state index is 13.1. The lowest BCUT2D eigenvalue weighted by Gasteiger charge is -2.21. The van der Waals surface area contributed by atoms with Crippen LogP contribution in [0.5, 0.6) is 0 Å². The highest BCUT2D eigenvalue weighted by molar-refractivity contribution is 7.47. The van der Waals surface area contributed by atoms with E-state index < -0.39 is 97.5 Å². The third-order valence-electron chi connectivity index (χ3n) is 17.1. The van der Waals surface area contributed by atoms with Gasteiger partial charge in [-0.2, -0.15) is 0 Å². The average molecular weight is 1350 g/mol. The number of rotatable bonds is 74. The Morgan fingerprint density at radius 3 is 0.641 bits per heavy atom. The van der Waals surface area contributed by atoms with Gasteiger partial charge < -0.3 is 33.8 Å². The monoisotopic (exact) mass is 1350 g/mol. The molecular formula is C73H142O17P2. The van der Waals surface area contributed by atoms with Gasteiger partial charge >= 0.3 is 39.5 Å². The van der Waals surface area contributed by atoms with E-state index in [1.54, 1.807) is 0 Å². The Bertz CT molecular complexity index is 1760. The Balaban J connectivity index is 5.09. The van der Waals surface area contributed by atoms with Crippen LogP contribution in [-0.2, 0) is 65.4 Å². The van der Waals surface area contributed by atoms with Gasteiger partial charge in [0.25, 0.3) is 0 Å². The molecule has 0 saturated carbocycles. The van der Waals surface area contributed by atoms with Gasteiger partial charge in [-0.3, -0.25) is 37.3 Å². The molecule has 0 amide bonds. The van der Waals surface area contributed by atoms with Crippen molar-refractivity contribution in [1.82, 2.24) is 0 Å².